The van der Waals surface area contributed by atoms with Crippen LogP contribution in [-0.2, 0) is 0 Å². The SMILES string of the molecule is CCC(C)Nc1cc(C)nc(NCCCN(C)C)n1. The van der Waals surface area contributed by atoms with Crippen molar-refractivity contribution in [2.24, 2.45) is 0 Å². The van der Waals surface area contributed by atoms with Gasteiger partial charge in [-0.2, -0.15) is 4.98 Å². The zero-order chi connectivity index (χ0) is 14.3. The van der Waals surface area contributed by atoms with Crippen LogP contribution in [0.1, 0.15) is 32.4 Å². The second kappa shape index (κ2) is 7.94. The lowest BCUT2D eigenvalue weighted by atomic mass is 10.2. The van der Waals surface area contributed by atoms with Gasteiger partial charge < -0.3 is 15.5 Å². The number of hydrogen-bond donors (Lipinski definition) is 2. The first kappa shape index (κ1) is 15.7. The third kappa shape index (κ3) is 6.38. The Morgan fingerprint density at radius 1 is 1.32 bits per heavy atom. The Morgan fingerprint density at radius 3 is 2.68 bits per heavy atom. The van der Waals surface area contributed by atoms with E-state index < -0.39 is 0 Å². The third-order valence-corrected chi connectivity index (χ3v) is 2.93. The van der Waals surface area contributed by atoms with Crippen molar-refractivity contribution in [2.45, 2.75) is 39.7 Å². The summed E-state index contributed by atoms with van der Waals surface area (Å²) in [7, 11) is 4.16. The standard InChI is InChI=1S/C14H27N5/c1-6-11(2)16-13-10-12(3)17-14(18-13)15-8-7-9-19(4)5/h10-11H,6-9H2,1-5H3,(H2,15,16,17,18). The van der Waals surface area contributed by atoms with Crippen LogP contribution in [0.4, 0.5) is 11.8 Å². The fraction of sp³-hybridized carbons (Fsp3) is 0.714. The Morgan fingerprint density at radius 2 is 2.05 bits per heavy atom. The summed E-state index contributed by atoms with van der Waals surface area (Å²) < 4.78 is 0. The van der Waals surface area contributed by atoms with E-state index in [-0.39, 0.29) is 0 Å². The molecule has 0 spiro atoms. The van der Waals surface area contributed by atoms with Crippen LogP contribution >= 0.6 is 0 Å². The van der Waals surface area contributed by atoms with Gasteiger partial charge in [0, 0.05) is 24.3 Å². The summed E-state index contributed by atoms with van der Waals surface area (Å²) in [5.41, 5.74) is 0.982. The number of nitrogens with zero attached hydrogens (tertiary/aromatic N) is 3. The second-order valence-electron chi connectivity index (χ2n) is 5.26. The highest BCUT2D eigenvalue weighted by atomic mass is 15.1. The van der Waals surface area contributed by atoms with Gasteiger partial charge in [-0.1, -0.05) is 6.92 Å². The van der Waals surface area contributed by atoms with Crippen LogP contribution in [0, 0.1) is 6.92 Å². The van der Waals surface area contributed by atoms with Crippen LogP contribution in [0.2, 0.25) is 0 Å². The maximum atomic E-state index is 4.49. The topological polar surface area (TPSA) is 53.1 Å². The number of hydrogen-bond acceptors (Lipinski definition) is 5. The summed E-state index contributed by atoms with van der Waals surface area (Å²) in [4.78, 5) is 11.1. The first-order valence-corrected chi connectivity index (χ1v) is 7.02. The minimum absolute atomic E-state index is 0.427. The second-order valence-corrected chi connectivity index (χ2v) is 5.26. The fourth-order valence-electron chi connectivity index (χ4n) is 1.67. The third-order valence-electron chi connectivity index (χ3n) is 2.93. The van der Waals surface area contributed by atoms with Crippen molar-refractivity contribution in [1.29, 1.82) is 0 Å². The van der Waals surface area contributed by atoms with Crippen molar-refractivity contribution in [1.82, 2.24) is 14.9 Å². The maximum absolute atomic E-state index is 4.49. The molecule has 108 valence electrons. The van der Waals surface area contributed by atoms with E-state index >= 15 is 0 Å². The summed E-state index contributed by atoms with van der Waals surface area (Å²) in [5.74, 6) is 1.61. The molecule has 1 heterocycles. The van der Waals surface area contributed by atoms with E-state index in [0.29, 0.717) is 12.0 Å². The lowest BCUT2D eigenvalue weighted by molar-refractivity contribution is 0.405. The average Bonchev–Trinajstić information content (AvgIpc) is 2.33. The molecular formula is C14H27N5. The number of anilines is 2. The molecule has 0 radical (unpaired) electrons. The molecule has 1 atom stereocenters. The van der Waals surface area contributed by atoms with Crippen LogP contribution in [0.15, 0.2) is 6.07 Å². The highest BCUT2D eigenvalue weighted by molar-refractivity contribution is 5.42. The summed E-state index contributed by atoms with van der Waals surface area (Å²) in [5, 5.41) is 6.67. The minimum Gasteiger partial charge on any atom is -0.367 e. The molecular weight excluding hydrogens is 238 g/mol. The van der Waals surface area contributed by atoms with E-state index in [0.717, 1.165) is 37.4 Å². The van der Waals surface area contributed by atoms with Crippen molar-refractivity contribution in [3.63, 3.8) is 0 Å². The molecule has 19 heavy (non-hydrogen) atoms. The molecule has 0 aliphatic rings. The molecule has 0 amide bonds. The van der Waals surface area contributed by atoms with Gasteiger partial charge in [0.2, 0.25) is 5.95 Å². The summed E-state index contributed by atoms with van der Waals surface area (Å²) in [6.07, 6.45) is 2.16. The normalized spacial score (nSPS) is 12.5. The zero-order valence-electron chi connectivity index (χ0n) is 12.8. The van der Waals surface area contributed by atoms with Crippen LogP contribution < -0.4 is 10.6 Å². The lowest BCUT2D eigenvalue weighted by Crippen LogP contribution is -2.18. The van der Waals surface area contributed by atoms with Gasteiger partial charge in [0.05, 0.1) is 0 Å². The predicted octanol–water partition coefficient (Wildman–Crippen LogP) is 2.36. The molecule has 1 aromatic rings. The maximum Gasteiger partial charge on any atom is 0.224 e. The van der Waals surface area contributed by atoms with E-state index in [1.165, 1.54) is 0 Å². The zero-order valence-corrected chi connectivity index (χ0v) is 12.8. The van der Waals surface area contributed by atoms with Gasteiger partial charge >= 0.3 is 0 Å². The molecule has 2 N–H and O–H groups in total. The Balaban J connectivity index is 2.53. The molecule has 1 unspecified atom stereocenters. The Kier molecular flexibility index (Phi) is 6.56. The fourth-order valence-corrected chi connectivity index (χ4v) is 1.67. The Bertz CT molecular complexity index is 378. The van der Waals surface area contributed by atoms with E-state index in [2.05, 4.69) is 53.4 Å². The van der Waals surface area contributed by atoms with Crippen LogP contribution in [0.5, 0.6) is 0 Å². The number of aromatic nitrogens is 2. The highest BCUT2D eigenvalue weighted by Gasteiger charge is 2.04. The molecule has 5 heteroatoms. The highest BCUT2D eigenvalue weighted by Crippen LogP contribution is 2.11. The molecule has 0 aromatic carbocycles. The van der Waals surface area contributed by atoms with Gasteiger partial charge in [-0.25, -0.2) is 4.98 Å². The van der Waals surface area contributed by atoms with E-state index in [1.54, 1.807) is 0 Å². The predicted molar refractivity (Wildman–Crippen MR) is 81.8 cm³/mol. The van der Waals surface area contributed by atoms with Crippen molar-refractivity contribution in [2.75, 3.05) is 37.8 Å². The van der Waals surface area contributed by atoms with Crippen molar-refractivity contribution in [3.8, 4) is 0 Å². The van der Waals surface area contributed by atoms with Gasteiger partial charge in [-0.15, -0.1) is 0 Å². The lowest BCUT2D eigenvalue weighted by Gasteiger charge is -2.14. The smallest absolute Gasteiger partial charge is 0.224 e. The van der Waals surface area contributed by atoms with Crippen molar-refractivity contribution < 1.29 is 0 Å². The van der Waals surface area contributed by atoms with Gasteiger partial charge in [0.25, 0.3) is 0 Å². The van der Waals surface area contributed by atoms with Crippen LogP contribution in [0.25, 0.3) is 0 Å². The van der Waals surface area contributed by atoms with Crippen molar-refractivity contribution >= 4 is 11.8 Å². The first-order valence-electron chi connectivity index (χ1n) is 7.02. The number of rotatable bonds is 8. The molecule has 0 saturated heterocycles. The molecule has 1 aromatic heterocycles. The molecule has 0 aliphatic heterocycles. The minimum atomic E-state index is 0.427. The summed E-state index contributed by atoms with van der Waals surface area (Å²) >= 11 is 0. The molecule has 1 rings (SSSR count). The Hall–Kier alpha value is -1.36. The molecule has 0 saturated carbocycles. The first-order chi connectivity index (χ1) is 9.01. The van der Waals surface area contributed by atoms with Crippen molar-refractivity contribution in [3.05, 3.63) is 11.8 Å². The van der Waals surface area contributed by atoms with Gasteiger partial charge in [0.15, 0.2) is 0 Å². The van der Waals surface area contributed by atoms with E-state index in [1.807, 2.05) is 13.0 Å². The Labute approximate surface area is 116 Å². The molecule has 5 nitrogen and oxygen atoms in total. The summed E-state index contributed by atoms with van der Waals surface area (Å²) in [6.45, 7) is 8.27. The monoisotopic (exact) mass is 265 g/mol. The van der Waals surface area contributed by atoms with E-state index in [4.69, 9.17) is 0 Å². The summed E-state index contributed by atoms with van der Waals surface area (Å²) in [6, 6.07) is 2.41. The van der Waals surface area contributed by atoms with Gasteiger partial charge in [0.1, 0.15) is 5.82 Å². The average molecular weight is 265 g/mol. The number of nitrogens with one attached hydrogen (secondary N) is 2. The van der Waals surface area contributed by atoms with Crippen LogP contribution in [-0.4, -0.2) is 48.1 Å². The molecule has 0 bridgehead atoms. The van der Waals surface area contributed by atoms with Crippen LogP contribution in [0.3, 0.4) is 0 Å². The largest absolute Gasteiger partial charge is 0.367 e. The van der Waals surface area contributed by atoms with Gasteiger partial charge in [-0.05, 0) is 47.3 Å². The molecule has 0 fully saturated rings. The molecule has 0 aliphatic carbocycles. The van der Waals surface area contributed by atoms with E-state index in [9.17, 15) is 0 Å². The quantitative estimate of drug-likeness (QED) is 0.707. The number of aryl methyl sites for hydroxylation is 1. The van der Waals surface area contributed by atoms with Gasteiger partial charge in [-0.3, -0.25) is 0 Å².